The minimum absolute atomic E-state index is 0.0945. The van der Waals surface area contributed by atoms with Crippen LogP contribution in [0.1, 0.15) is 48.0 Å². The molecule has 0 aliphatic carbocycles. The summed E-state index contributed by atoms with van der Waals surface area (Å²) in [5, 5.41) is 10.5. The summed E-state index contributed by atoms with van der Waals surface area (Å²) in [5.41, 5.74) is -2.22. The topological polar surface area (TPSA) is 169 Å². The Morgan fingerprint density at radius 1 is 1.05 bits per heavy atom. The van der Waals surface area contributed by atoms with Crippen molar-refractivity contribution < 1.29 is 57.6 Å². The lowest BCUT2D eigenvalue weighted by molar-refractivity contribution is -0.156. The average molecular weight is 525 g/mol. The van der Waals surface area contributed by atoms with Crippen LogP contribution in [0.4, 0.5) is 0 Å². The molecule has 0 bridgehead atoms. The number of Topliss-reactive ketones (excluding diaryl/α,β-unsaturated/α-hetero) is 1. The lowest BCUT2D eigenvalue weighted by Crippen LogP contribution is -2.35. The van der Waals surface area contributed by atoms with Crippen LogP contribution in [0.2, 0.25) is 0 Å². The number of hydrogen-bond acceptors (Lipinski definition) is 12. The first-order chi connectivity index (χ1) is 17.1. The molecule has 1 rings (SSSR count). The maximum atomic E-state index is 12.7. The van der Waals surface area contributed by atoms with Gasteiger partial charge in [0.1, 0.15) is 30.9 Å². The molecule has 3 unspecified atom stereocenters. The molecule has 1 aliphatic heterocycles. The van der Waals surface area contributed by atoms with E-state index >= 15 is 0 Å². The number of ether oxygens (including phenoxy) is 5. The summed E-state index contributed by atoms with van der Waals surface area (Å²) in [4.78, 5) is 71.9. The zero-order valence-electron chi connectivity index (χ0n) is 21.9. The predicted octanol–water partition coefficient (Wildman–Crippen LogP) is 1.25. The van der Waals surface area contributed by atoms with Crippen LogP contribution >= 0.6 is 0 Å². The van der Waals surface area contributed by atoms with Gasteiger partial charge < -0.3 is 28.8 Å². The summed E-state index contributed by atoms with van der Waals surface area (Å²) in [7, 11) is 1.04. The van der Waals surface area contributed by atoms with E-state index in [0.717, 1.165) is 33.1 Å². The Balaban J connectivity index is 3.62. The van der Waals surface area contributed by atoms with Crippen molar-refractivity contribution in [3.8, 4) is 0 Å². The van der Waals surface area contributed by atoms with Gasteiger partial charge in [-0.15, -0.1) is 0 Å². The third kappa shape index (κ3) is 9.64. The van der Waals surface area contributed by atoms with E-state index in [2.05, 4.69) is 4.74 Å². The highest BCUT2D eigenvalue weighted by Gasteiger charge is 2.41. The van der Waals surface area contributed by atoms with Gasteiger partial charge in [-0.25, -0.2) is 14.4 Å². The Morgan fingerprint density at radius 3 is 2.16 bits per heavy atom. The molecule has 0 amide bonds. The fraction of sp³-hybridized carbons (Fsp3) is 0.520. The van der Waals surface area contributed by atoms with Crippen LogP contribution in [0.3, 0.4) is 0 Å². The van der Waals surface area contributed by atoms with Gasteiger partial charge in [0.2, 0.25) is 0 Å². The molecular weight excluding hydrogens is 492 g/mol. The molecule has 0 saturated heterocycles. The molecular formula is C25H32O12. The van der Waals surface area contributed by atoms with Crippen molar-refractivity contribution in [2.75, 3.05) is 20.3 Å². The van der Waals surface area contributed by atoms with Gasteiger partial charge in [-0.3, -0.25) is 14.4 Å². The van der Waals surface area contributed by atoms with Crippen molar-refractivity contribution in [2.45, 2.75) is 59.7 Å². The van der Waals surface area contributed by atoms with Crippen LogP contribution < -0.4 is 0 Å². The van der Waals surface area contributed by atoms with Gasteiger partial charge in [0, 0.05) is 37.5 Å². The van der Waals surface area contributed by atoms with Crippen LogP contribution in [0.15, 0.2) is 34.6 Å². The third-order valence-electron chi connectivity index (χ3n) is 5.18. The molecule has 0 aromatic rings. The number of carbonyl (C=O) groups is 6. The molecule has 0 fully saturated rings. The van der Waals surface area contributed by atoms with Crippen molar-refractivity contribution in [1.82, 2.24) is 0 Å². The third-order valence-corrected chi connectivity index (χ3v) is 5.18. The van der Waals surface area contributed by atoms with Crippen LogP contribution in [0.5, 0.6) is 0 Å². The summed E-state index contributed by atoms with van der Waals surface area (Å²) in [6, 6.07) is 0. The molecule has 12 heteroatoms. The van der Waals surface area contributed by atoms with E-state index in [1.165, 1.54) is 20.8 Å². The lowest BCUT2D eigenvalue weighted by Gasteiger charge is -2.23. The summed E-state index contributed by atoms with van der Waals surface area (Å²) >= 11 is 0. The fourth-order valence-corrected chi connectivity index (χ4v) is 3.11. The Morgan fingerprint density at radius 2 is 1.65 bits per heavy atom. The summed E-state index contributed by atoms with van der Waals surface area (Å²) in [5.74, 6) is -5.46. The van der Waals surface area contributed by atoms with Crippen molar-refractivity contribution in [3.05, 3.63) is 34.6 Å². The highest BCUT2D eigenvalue weighted by molar-refractivity contribution is 5.96. The molecule has 37 heavy (non-hydrogen) atoms. The number of hydrogen-bond donors (Lipinski definition) is 1. The number of carbonyl (C=O) groups excluding carboxylic acids is 6. The Hall–Kier alpha value is -3.80. The van der Waals surface area contributed by atoms with Gasteiger partial charge in [-0.1, -0.05) is 6.92 Å². The van der Waals surface area contributed by atoms with Crippen LogP contribution in [0, 0.1) is 5.92 Å². The minimum Gasteiger partial charge on any atom is -0.467 e. The molecule has 0 aromatic carbocycles. The molecule has 204 valence electrons. The largest absolute Gasteiger partial charge is 0.467 e. The van der Waals surface area contributed by atoms with E-state index < -0.39 is 54.1 Å². The van der Waals surface area contributed by atoms with Crippen LogP contribution in [-0.4, -0.2) is 72.8 Å². The van der Waals surface area contributed by atoms with Crippen molar-refractivity contribution >= 4 is 35.6 Å². The van der Waals surface area contributed by atoms with Gasteiger partial charge >= 0.3 is 29.8 Å². The molecule has 0 radical (unpaired) electrons. The van der Waals surface area contributed by atoms with Gasteiger partial charge in [0.25, 0.3) is 0 Å². The highest BCUT2D eigenvalue weighted by Crippen LogP contribution is 2.35. The maximum Gasteiger partial charge on any atom is 0.343 e. The zero-order valence-corrected chi connectivity index (χ0v) is 21.9. The number of aliphatic hydroxyl groups is 1. The van der Waals surface area contributed by atoms with E-state index in [-0.39, 0.29) is 35.7 Å². The Kier molecular flexibility index (Phi) is 11.4. The molecule has 0 spiro atoms. The summed E-state index contributed by atoms with van der Waals surface area (Å²) in [6.45, 7) is 7.09. The fourth-order valence-electron chi connectivity index (χ4n) is 3.11. The van der Waals surface area contributed by atoms with Gasteiger partial charge in [-0.05, 0) is 32.8 Å². The van der Waals surface area contributed by atoms with Crippen LogP contribution in [-0.2, 0) is 52.5 Å². The van der Waals surface area contributed by atoms with Gasteiger partial charge in [0.05, 0.1) is 12.7 Å². The standard InChI is InChI=1S/C25H32O12/c1-13(11-34-16(4)27)8-21(29)36-19(9-14(2)15(3)26)22-18(12-35-17(5)28)23(30)37-20(22)10-25(6,32)24(31)33-7/h8,10,14,19,32H,9,11-12H2,1-7H3. The Labute approximate surface area is 214 Å². The number of esters is 5. The number of ketones is 1. The first kappa shape index (κ1) is 31.2. The van der Waals surface area contributed by atoms with E-state index in [1.54, 1.807) is 6.92 Å². The SMILES string of the molecule is COC(=O)C(C)(O)C=C1OC(=O)C(COC(C)=O)=C1C(CC(C)C(C)=O)OC(=O)C=C(C)COC(C)=O. The summed E-state index contributed by atoms with van der Waals surface area (Å²) < 4.78 is 25.2. The van der Waals surface area contributed by atoms with Crippen LogP contribution in [0.25, 0.3) is 0 Å². The molecule has 12 nitrogen and oxygen atoms in total. The lowest BCUT2D eigenvalue weighted by atomic mass is 9.91. The van der Waals surface area contributed by atoms with E-state index in [0.29, 0.717) is 5.57 Å². The zero-order chi connectivity index (χ0) is 28.5. The molecule has 1 heterocycles. The quantitative estimate of drug-likeness (QED) is 0.221. The minimum atomic E-state index is -2.26. The predicted molar refractivity (Wildman–Crippen MR) is 125 cm³/mol. The van der Waals surface area contributed by atoms with Crippen molar-refractivity contribution in [3.63, 3.8) is 0 Å². The molecule has 1 N–H and O–H groups in total. The molecule has 0 saturated carbocycles. The second-order valence-electron chi connectivity index (χ2n) is 8.65. The van der Waals surface area contributed by atoms with Crippen molar-refractivity contribution in [1.29, 1.82) is 0 Å². The second kappa shape index (κ2) is 13.5. The average Bonchev–Trinajstić information content (AvgIpc) is 3.08. The normalized spacial score (nSPS) is 17.9. The molecule has 1 aliphatic rings. The Bertz CT molecular complexity index is 1040. The first-order valence-corrected chi connectivity index (χ1v) is 11.2. The van der Waals surface area contributed by atoms with E-state index in [9.17, 15) is 33.9 Å². The maximum absolute atomic E-state index is 12.7. The summed E-state index contributed by atoms with van der Waals surface area (Å²) in [6.07, 6.45) is 0.534. The number of cyclic esters (lactones) is 1. The monoisotopic (exact) mass is 524 g/mol. The number of rotatable bonds is 12. The smallest absolute Gasteiger partial charge is 0.343 e. The van der Waals surface area contributed by atoms with Gasteiger partial charge in [-0.2, -0.15) is 0 Å². The molecule has 0 aromatic heterocycles. The number of methoxy groups -OCH3 is 1. The molecule has 3 atom stereocenters. The van der Waals surface area contributed by atoms with Crippen molar-refractivity contribution in [2.24, 2.45) is 5.92 Å². The highest BCUT2D eigenvalue weighted by atomic mass is 16.6. The first-order valence-electron chi connectivity index (χ1n) is 11.2. The van der Waals surface area contributed by atoms with Gasteiger partial charge in [0.15, 0.2) is 5.60 Å². The van der Waals surface area contributed by atoms with E-state index in [4.69, 9.17) is 18.9 Å². The second-order valence-corrected chi connectivity index (χ2v) is 8.65. The van der Waals surface area contributed by atoms with E-state index in [1.807, 2.05) is 0 Å².